The van der Waals surface area contributed by atoms with Gasteiger partial charge in [-0.2, -0.15) is 0 Å². The Bertz CT molecular complexity index is 279. The van der Waals surface area contributed by atoms with E-state index in [0.717, 1.165) is 12.8 Å². The highest BCUT2D eigenvalue weighted by molar-refractivity contribution is 5.76. The van der Waals surface area contributed by atoms with Crippen LogP contribution in [0.3, 0.4) is 0 Å². The number of amides is 2. The van der Waals surface area contributed by atoms with E-state index in [1.54, 1.807) is 4.90 Å². The van der Waals surface area contributed by atoms with Crippen LogP contribution in [0, 0.1) is 0 Å². The topological polar surface area (TPSA) is 58.6 Å². The Balaban J connectivity index is 2.26. The lowest BCUT2D eigenvalue weighted by molar-refractivity contribution is -0.121. The van der Waals surface area contributed by atoms with Crippen LogP contribution in [0.1, 0.15) is 40.0 Å². The molecule has 1 N–H and O–H groups in total. The molecule has 1 atom stereocenters. The van der Waals surface area contributed by atoms with Crippen molar-refractivity contribution in [1.82, 2.24) is 10.2 Å². The minimum Gasteiger partial charge on any atom is -0.442 e. The number of nitrogens with zero attached hydrogens (tertiary/aromatic N) is 1. The summed E-state index contributed by atoms with van der Waals surface area (Å²) in [7, 11) is 0. The average molecular weight is 242 g/mol. The van der Waals surface area contributed by atoms with Gasteiger partial charge in [-0.25, -0.2) is 4.79 Å². The molecule has 0 radical (unpaired) electrons. The van der Waals surface area contributed by atoms with Crippen LogP contribution in [0.25, 0.3) is 0 Å². The number of unbranched alkanes of at least 4 members (excludes halogenated alkanes) is 1. The molecular weight excluding hydrogens is 220 g/mol. The van der Waals surface area contributed by atoms with Crippen molar-refractivity contribution < 1.29 is 14.3 Å². The van der Waals surface area contributed by atoms with E-state index in [9.17, 15) is 9.59 Å². The van der Waals surface area contributed by atoms with E-state index >= 15 is 0 Å². The van der Waals surface area contributed by atoms with E-state index in [-0.39, 0.29) is 24.1 Å². The molecule has 2 amide bonds. The molecule has 98 valence electrons. The Hall–Kier alpha value is -1.26. The Morgan fingerprint density at radius 2 is 2.29 bits per heavy atom. The predicted molar refractivity (Wildman–Crippen MR) is 64.6 cm³/mol. The standard InChI is InChI=1S/C12H22N2O3/c1-4-5-6-11(15)13-7-10-8-14(9(2)3)12(16)17-10/h9-10H,4-8H2,1-3H3,(H,13,15). The quantitative estimate of drug-likeness (QED) is 0.768. The zero-order valence-electron chi connectivity index (χ0n) is 10.9. The van der Waals surface area contributed by atoms with Crippen LogP contribution in [0.15, 0.2) is 0 Å². The van der Waals surface area contributed by atoms with Crippen LogP contribution >= 0.6 is 0 Å². The van der Waals surface area contributed by atoms with Crippen molar-refractivity contribution in [3.8, 4) is 0 Å². The molecule has 1 rings (SSSR count). The minimum absolute atomic E-state index is 0.0332. The number of hydrogen-bond acceptors (Lipinski definition) is 3. The fourth-order valence-electron chi connectivity index (χ4n) is 1.72. The van der Waals surface area contributed by atoms with Gasteiger partial charge in [0.15, 0.2) is 0 Å². The Labute approximate surface area is 102 Å². The fraction of sp³-hybridized carbons (Fsp3) is 0.833. The summed E-state index contributed by atoms with van der Waals surface area (Å²) in [6.07, 6.45) is 1.95. The van der Waals surface area contributed by atoms with Crippen molar-refractivity contribution in [2.24, 2.45) is 0 Å². The number of ether oxygens (including phenoxy) is 1. The molecule has 0 spiro atoms. The number of rotatable bonds is 6. The van der Waals surface area contributed by atoms with Crippen LogP contribution in [-0.4, -0.2) is 42.1 Å². The zero-order valence-corrected chi connectivity index (χ0v) is 10.9. The molecule has 1 saturated heterocycles. The molecule has 0 bridgehead atoms. The lowest BCUT2D eigenvalue weighted by atomic mass is 10.2. The maximum Gasteiger partial charge on any atom is 0.410 e. The van der Waals surface area contributed by atoms with Gasteiger partial charge in [0.25, 0.3) is 0 Å². The Morgan fingerprint density at radius 1 is 1.59 bits per heavy atom. The van der Waals surface area contributed by atoms with E-state index in [4.69, 9.17) is 4.74 Å². The molecule has 1 heterocycles. The number of carbonyl (C=O) groups excluding carboxylic acids is 2. The van der Waals surface area contributed by atoms with Crippen LogP contribution in [0.5, 0.6) is 0 Å². The highest BCUT2D eigenvalue weighted by atomic mass is 16.6. The van der Waals surface area contributed by atoms with E-state index in [0.29, 0.717) is 19.5 Å². The van der Waals surface area contributed by atoms with Crippen molar-refractivity contribution in [3.05, 3.63) is 0 Å². The molecule has 1 fully saturated rings. The summed E-state index contributed by atoms with van der Waals surface area (Å²) in [5.74, 6) is 0.0332. The summed E-state index contributed by atoms with van der Waals surface area (Å²) in [5, 5.41) is 2.80. The number of nitrogens with one attached hydrogen (secondary N) is 1. The molecule has 17 heavy (non-hydrogen) atoms. The fourth-order valence-corrected chi connectivity index (χ4v) is 1.72. The number of hydrogen-bond donors (Lipinski definition) is 1. The zero-order chi connectivity index (χ0) is 12.8. The lowest BCUT2D eigenvalue weighted by Gasteiger charge is -2.16. The first-order chi connectivity index (χ1) is 8.04. The highest BCUT2D eigenvalue weighted by Gasteiger charge is 2.32. The van der Waals surface area contributed by atoms with Crippen molar-refractivity contribution in [2.45, 2.75) is 52.2 Å². The Kier molecular flexibility index (Phi) is 5.25. The molecule has 0 aromatic carbocycles. The minimum atomic E-state index is -0.284. The van der Waals surface area contributed by atoms with Crippen molar-refractivity contribution in [2.75, 3.05) is 13.1 Å². The van der Waals surface area contributed by atoms with Crippen molar-refractivity contribution in [1.29, 1.82) is 0 Å². The SMILES string of the molecule is CCCCC(=O)NCC1CN(C(C)C)C(=O)O1. The molecule has 1 unspecified atom stereocenters. The smallest absolute Gasteiger partial charge is 0.410 e. The number of carbonyl (C=O) groups is 2. The van der Waals surface area contributed by atoms with E-state index in [1.165, 1.54) is 0 Å². The van der Waals surface area contributed by atoms with Crippen LogP contribution < -0.4 is 5.32 Å². The average Bonchev–Trinajstić information content (AvgIpc) is 2.65. The monoisotopic (exact) mass is 242 g/mol. The van der Waals surface area contributed by atoms with Gasteiger partial charge in [-0.3, -0.25) is 4.79 Å². The van der Waals surface area contributed by atoms with Crippen LogP contribution in [-0.2, 0) is 9.53 Å². The second kappa shape index (κ2) is 6.47. The summed E-state index contributed by atoms with van der Waals surface area (Å²) in [4.78, 5) is 24.5. The first-order valence-electron chi connectivity index (χ1n) is 6.28. The highest BCUT2D eigenvalue weighted by Crippen LogP contribution is 2.13. The molecule has 0 saturated carbocycles. The molecule has 0 aromatic rings. The van der Waals surface area contributed by atoms with Crippen LogP contribution in [0.4, 0.5) is 4.79 Å². The molecule has 0 aliphatic carbocycles. The molecule has 1 aliphatic heterocycles. The van der Waals surface area contributed by atoms with Gasteiger partial charge < -0.3 is 15.0 Å². The maximum absolute atomic E-state index is 11.4. The maximum atomic E-state index is 11.4. The van der Waals surface area contributed by atoms with Crippen LogP contribution in [0.2, 0.25) is 0 Å². The van der Waals surface area contributed by atoms with Crippen molar-refractivity contribution in [3.63, 3.8) is 0 Å². The summed E-state index contributed by atoms with van der Waals surface area (Å²) in [6, 6.07) is 0.142. The first kappa shape index (κ1) is 13.8. The van der Waals surface area contributed by atoms with Crippen molar-refractivity contribution >= 4 is 12.0 Å². The molecular formula is C12H22N2O3. The summed E-state index contributed by atoms with van der Waals surface area (Å²) < 4.78 is 5.16. The predicted octanol–water partition coefficient (Wildman–Crippen LogP) is 1.52. The van der Waals surface area contributed by atoms with Gasteiger partial charge in [-0.15, -0.1) is 0 Å². The van der Waals surface area contributed by atoms with Gasteiger partial charge in [0, 0.05) is 12.5 Å². The molecule has 5 heteroatoms. The molecule has 0 aromatic heterocycles. The van der Waals surface area contributed by atoms with Gasteiger partial charge in [0.1, 0.15) is 6.10 Å². The van der Waals surface area contributed by atoms with Gasteiger partial charge in [-0.05, 0) is 20.3 Å². The van der Waals surface area contributed by atoms with Gasteiger partial charge >= 0.3 is 6.09 Å². The third-order valence-corrected chi connectivity index (χ3v) is 2.81. The number of cyclic esters (lactones) is 1. The summed E-state index contributed by atoms with van der Waals surface area (Å²) in [5.41, 5.74) is 0. The van der Waals surface area contributed by atoms with E-state index in [1.807, 2.05) is 20.8 Å². The lowest BCUT2D eigenvalue weighted by Crippen LogP contribution is -2.36. The summed E-state index contributed by atoms with van der Waals surface area (Å²) >= 11 is 0. The van der Waals surface area contributed by atoms with E-state index in [2.05, 4.69) is 5.32 Å². The second-order valence-electron chi connectivity index (χ2n) is 4.66. The first-order valence-corrected chi connectivity index (χ1v) is 6.28. The Morgan fingerprint density at radius 3 is 2.82 bits per heavy atom. The normalized spacial score (nSPS) is 19.6. The van der Waals surface area contributed by atoms with E-state index < -0.39 is 0 Å². The molecule has 1 aliphatic rings. The van der Waals surface area contributed by atoms with Gasteiger partial charge in [-0.1, -0.05) is 13.3 Å². The third kappa shape index (κ3) is 4.24. The molecule has 5 nitrogen and oxygen atoms in total. The third-order valence-electron chi connectivity index (χ3n) is 2.81. The van der Waals surface area contributed by atoms with Gasteiger partial charge in [0.2, 0.25) is 5.91 Å². The summed E-state index contributed by atoms with van der Waals surface area (Å²) in [6.45, 7) is 6.92. The van der Waals surface area contributed by atoms with Gasteiger partial charge in [0.05, 0.1) is 13.1 Å². The largest absolute Gasteiger partial charge is 0.442 e. The second-order valence-corrected chi connectivity index (χ2v) is 4.66.